The summed E-state index contributed by atoms with van der Waals surface area (Å²) in [6.07, 6.45) is 0.0313. The molecule has 4 heteroatoms. The number of rotatable bonds is 2. The molecule has 94 valence electrons. The lowest BCUT2D eigenvalue weighted by Crippen LogP contribution is -2.54. The van der Waals surface area contributed by atoms with Crippen molar-refractivity contribution >= 4 is 5.69 Å². The zero-order chi connectivity index (χ0) is 12.5. The Kier molecular flexibility index (Phi) is 3.35. The molecule has 1 unspecified atom stereocenters. The van der Waals surface area contributed by atoms with E-state index in [1.54, 1.807) is 12.1 Å². The first-order valence-electron chi connectivity index (χ1n) is 5.88. The maximum Gasteiger partial charge on any atom is 0.123 e. The van der Waals surface area contributed by atoms with Gasteiger partial charge in [-0.3, -0.25) is 0 Å². The van der Waals surface area contributed by atoms with Crippen LogP contribution in [0.25, 0.3) is 0 Å². The average molecular weight is 238 g/mol. The smallest absolute Gasteiger partial charge is 0.123 e. The Hall–Kier alpha value is -1.13. The third-order valence-corrected chi connectivity index (χ3v) is 2.94. The second-order valence-corrected chi connectivity index (χ2v) is 5.09. The van der Waals surface area contributed by atoms with Crippen molar-refractivity contribution in [1.82, 2.24) is 0 Å². The number of nitrogens with zero attached hydrogens (tertiary/aromatic N) is 1. The quantitative estimate of drug-likeness (QED) is 0.853. The molecule has 1 aliphatic rings. The molecule has 2 N–H and O–H groups in total. The highest BCUT2D eigenvalue weighted by molar-refractivity contribution is 5.47. The van der Waals surface area contributed by atoms with Crippen LogP contribution in [0.2, 0.25) is 0 Å². The number of morpholine rings is 1. The van der Waals surface area contributed by atoms with Crippen LogP contribution in [0.1, 0.15) is 13.8 Å². The Bertz CT molecular complexity index is 378. The molecular formula is C13H19FN2O. The summed E-state index contributed by atoms with van der Waals surface area (Å²) in [7, 11) is 0. The van der Waals surface area contributed by atoms with Gasteiger partial charge in [-0.1, -0.05) is 0 Å². The normalized spacial score (nSPS) is 23.8. The van der Waals surface area contributed by atoms with Gasteiger partial charge in [-0.25, -0.2) is 4.39 Å². The fourth-order valence-electron chi connectivity index (χ4n) is 2.27. The third-order valence-electron chi connectivity index (χ3n) is 2.94. The number of hydrogen-bond donors (Lipinski definition) is 1. The van der Waals surface area contributed by atoms with E-state index >= 15 is 0 Å². The van der Waals surface area contributed by atoms with Gasteiger partial charge in [0.2, 0.25) is 0 Å². The van der Waals surface area contributed by atoms with Gasteiger partial charge in [0.15, 0.2) is 0 Å². The molecule has 2 rings (SSSR count). The Morgan fingerprint density at radius 3 is 2.65 bits per heavy atom. The van der Waals surface area contributed by atoms with E-state index in [1.165, 1.54) is 12.1 Å². The Labute approximate surface area is 101 Å². The van der Waals surface area contributed by atoms with Crippen LogP contribution in [0, 0.1) is 5.82 Å². The van der Waals surface area contributed by atoms with Gasteiger partial charge in [-0.15, -0.1) is 0 Å². The minimum Gasteiger partial charge on any atom is -0.367 e. The van der Waals surface area contributed by atoms with Gasteiger partial charge >= 0.3 is 0 Å². The molecule has 0 radical (unpaired) electrons. The van der Waals surface area contributed by atoms with Gasteiger partial charge in [-0.2, -0.15) is 0 Å². The van der Waals surface area contributed by atoms with Crippen molar-refractivity contribution in [2.24, 2.45) is 5.73 Å². The first kappa shape index (κ1) is 12.3. The van der Waals surface area contributed by atoms with E-state index in [9.17, 15) is 4.39 Å². The number of benzene rings is 1. The van der Waals surface area contributed by atoms with Gasteiger partial charge in [0.1, 0.15) is 5.82 Å². The molecule has 0 spiro atoms. The molecule has 17 heavy (non-hydrogen) atoms. The third kappa shape index (κ3) is 2.96. The second kappa shape index (κ2) is 4.63. The molecular weight excluding hydrogens is 219 g/mol. The summed E-state index contributed by atoms with van der Waals surface area (Å²) in [6, 6.07) is 6.55. The van der Waals surface area contributed by atoms with Crippen molar-refractivity contribution in [3.05, 3.63) is 30.1 Å². The number of nitrogens with two attached hydrogens (primary N) is 1. The lowest BCUT2D eigenvalue weighted by molar-refractivity contribution is -0.0788. The van der Waals surface area contributed by atoms with Crippen LogP contribution in [0.3, 0.4) is 0 Å². The molecule has 0 amide bonds. The van der Waals surface area contributed by atoms with Crippen molar-refractivity contribution in [3.63, 3.8) is 0 Å². The first-order valence-corrected chi connectivity index (χ1v) is 5.88. The predicted octanol–water partition coefficient (Wildman–Crippen LogP) is 1.77. The van der Waals surface area contributed by atoms with Crippen molar-refractivity contribution in [2.45, 2.75) is 25.6 Å². The summed E-state index contributed by atoms with van der Waals surface area (Å²) in [5.74, 6) is -0.211. The highest BCUT2D eigenvalue weighted by Crippen LogP contribution is 2.25. The minimum absolute atomic E-state index is 0.0313. The van der Waals surface area contributed by atoms with E-state index in [0.29, 0.717) is 6.54 Å². The lowest BCUT2D eigenvalue weighted by Gasteiger charge is -2.43. The predicted molar refractivity (Wildman–Crippen MR) is 66.6 cm³/mol. The van der Waals surface area contributed by atoms with Crippen molar-refractivity contribution < 1.29 is 9.13 Å². The van der Waals surface area contributed by atoms with Gasteiger partial charge < -0.3 is 15.4 Å². The van der Waals surface area contributed by atoms with Crippen LogP contribution < -0.4 is 10.6 Å². The maximum atomic E-state index is 12.9. The monoisotopic (exact) mass is 238 g/mol. The van der Waals surface area contributed by atoms with Crippen molar-refractivity contribution in [1.29, 1.82) is 0 Å². The number of hydrogen-bond acceptors (Lipinski definition) is 3. The summed E-state index contributed by atoms with van der Waals surface area (Å²) in [4.78, 5) is 2.19. The van der Waals surface area contributed by atoms with E-state index in [4.69, 9.17) is 10.5 Å². The van der Waals surface area contributed by atoms with Gasteiger partial charge in [-0.05, 0) is 38.1 Å². The second-order valence-electron chi connectivity index (χ2n) is 5.09. The molecule has 0 aliphatic carbocycles. The molecule has 1 atom stereocenters. The molecule has 0 saturated carbocycles. The summed E-state index contributed by atoms with van der Waals surface area (Å²) in [6.45, 7) is 6.14. The molecule has 1 fully saturated rings. The summed E-state index contributed by atoms with van der Waals surface area (Å²) in [5.41, 5.74) is 6.47. The zero-order valence-corrected chi connectivity index (χ0v) is 10.3. The van der Waals surface area contributed by atoms with Crippen LogP contribution in [0.15, 0.2) is 24.3 Å². The van der Waals surface area contributed by atoms with Crippen molar-refractivity contribution in [2.75, 3.05) is 24.5 Å². The molecule has 1 aromatic rings. The van der Waals surface area contributed by atoms with Crippen LogP contribution in [-0.2, 0) is 4.74 Å². The number of anilines is 1. The van der Waals surface area contributed by atoms with E-state index in [-0.39, 0.29) is 17.5 Å². The maximum absolute atomic E-state index is 12.9. The van der Waals surface area contributed by atoms with E-state index in [0.717, 1.165) is 18.8 Å². The van der Waals surface area contributed by atoms with E-state index < -0.39 is 0 Å². The number of ether oxygens (including phenoxy) is 1. The van der Waals surface area contributed by atoms with E-state index in [2.05, 4.69) is 4.90 Å². The van der Waals surface area contributed by atoms with Crippen LogP contribution in [0.5, 0.6) is 0 Å². The molecule has 3 nitrogen and oxygen atoms in total. The molecule has 1 heterocycles. The average Bonchev–Trinajstić information content (AvgIpc) is 2.27. The fraction of sp³-hybridized carbons (Fsp3) is 0.538. The van der Waals surface area contributed by atoms with Gasteiger partial charge in [0.25, 0.3) is 0 Å². The lowest BCUT2D eigenvalue weighted by atomic mass is 10.0. The highest BCUT2D eigenvalue weighted by atomic mass is 19.1. The molecule has 0 bridgehead atoms. The SMILES string of the molecule is CC1(C)CN(c2ccc(F)cc2)CC(CN)O1. The van der Waals surface area contributed by atoms with E-state index in [1.807, 2.05) is 13.8 Å². The molecule has 1 aliphatic heterocycles. The highest BCUT2D eigenvalue weighted by Gasteiger charge is 2.32. The first-order chi connectivity index (χ1) is 8.00. The minimum atomic E-state index is -0.226. The van der Waals surface area contributed by atoms with Crippen LogP contribution in [0.4, 0.5) is 10.1 Å². The number of halogens is 1. The largest absolute Gasteiger partial charge is 0.367 e. The van der Waals surface area contributed by atoms with Crippen LogP contribution >= 0.6 is 0 Å². The molecule has 1 aromatic carbocycles. The molecule has 1 saturated heterocycles. The standard InChI is InChI=1S/C13H19FN2O/c1-13(2)9-16(8-12(7-15)17-13)11-5-3-10(14)4-6-11/h3-6,12H,7-9,15H2,1-2H3. The van der Waals surface area contributed by atoms with Crippen LogP contribution in [-0.4, -0.2) is 31.3 Å². The Morgan fingerprint density at radius 2 is 2.06 bits per heavy atom. The summed E-state index contributed by atoms with van der Waals surface area (Å²) in [5, 5.41) is 0. The summed E-state index contributed by atoms with van der Waals surface area (Å²) < 4.78 is 18.7. The Balaban J connectivity index is 2.17. The molecule has 0 aromatic heterocycles. The summed E-state index contributed by atoms with van der Waals surface area (Å²) >= 11 is 0. The zero-order valence-electron chi connectivity index (χ0n) is 10.3. The Morgan fingerprint density at radius 1 is 1.41 bits per heavy atom. The van der Waals surface area contributed by atoms with Gasteiger partial charge in [0, 0.05) is 25.3 Å². The van der Waals surface area contributed by atoms with Gasteiger partial charge in [0.05, 0.1) is 11.7 Å². The topological polar surface area (TPSA) is 38.5 Å². The fourth-order valence-corrected chi connectivity index (χ4v) is 2.27. The van der Waals surface area contributed by atoms with Crippen molar-refractivity contribution in [3.8, 4) is 0 Å².